The van der Waals surface area contributed by atoms with Gasteiger partial charge in [-0.3, -0.25) is 4.79 Å². The number of hydrogen-bond donors (Lipinski definition) is 1. The molecule has 2 aromatic rings. The number of hydrogen-bond acceptors (Lipinski definition) is 6. The van der Waals surface area contributed by atoms with Gasteiger partial charge >= 0.3 is 11.9 Å². The topological polar surface area (TPSA) is 101 Å². The van der Waals surface area contributed by atoms with Crippen molar-refractivity contribution in [3.8, 4) is 0 Å². The van der Waals surface area contributed by atoms with Crippen LogP contribution in [-0.4, -0.2) is 50.0 Å². The molecule has 0 aliphatic carbocycles. The fourth-order valence-electron chi connectivity index (χ4n) is 2.23. The van der Waals surface area contributed by atoms with Crippen LogP contribution >= 0.6 is 11.3 Å². The smallest absolute Gasteiger partial charge is 0.348 e. The van der Waals surface area contributed by atoms with Crippen molar-refractivity contribution in [3.63, 3.8) is 0 Å². The van der Waals surface area contributed by atoms with Gasteiger partial charge in [0.25, 0.3) is 0 Å². The summed E-state index contributed by atoms with van der Waals surface area (Å²) in [5.74, 6) is -2.32. The Labute approximate surface area is 149 Å². The first kappa shape index (κ1) is 19.4. The molecule has 1 N–H and O–H groups in total. The molecule has 0 saturated carbocycles. The maximum atomic E-state index is 12.6. The predicted octanol–water partition coefficient (Wildman–Crippen LogP) is 2.42. The van der Waals surface area contributed by atoms with Gasteiger partial charge < -0.3 is 9.84 Å². The van der Waals surface area contributed by atoms with Gasteiger partial charge in [0, 0.05) is 18.3 Å². The number of fused-ring (bicyclic) bond motifs is 1. The van der Waals surface area contributed by atoms with E-state index < -0.39 is 27.9 Å². The number of ether oxygens (including phenoxy) is 1. The molecule has 1 heterocycles. The van der Waals surface area contributed by atoms with Gasteiger partial charge in [0.2, 0.25) is 10.0 Å². The number of carboxylic acid groups (broad SMARTS) is 1. The van der Waals surface area contributed by atoms with Crippen LogP contribution < -0.4 is 0 Å². The lowest BCUT2D eigenvalue weighted by Crippen LogP contribution is -2.33. The fraction of sp³-hybridized carbons (Fsp3) is 0.375. The second-order valence-electron chi connectivity index (χ2n) is 5.56. The lowest BCUT2D eigenvalue weighted by atomic mass is 10.2. The summed E-state index contributed by atoms with van der Waals surface area (Å²) in [4.78, 5) is 23.2. The van der Waals surface area contributed by atoms with Gasteiger partial charge in [-0.15, -0.1) is 11.3 Å². The SMILES string of the molecule is CCOC(=O)c1cc2cc(S(=O)(=O)N(C)CC(C)C(=O)O)ccc2s1. The molecule has 1 atom stereocenters. The average molecular weight is 385 g/mol. The third-order valence-corrected chi connectivity index (χ3v) is 6.54. The van der Waals surface area contributed by atoms with Crippen LogP contribution in [0.4, 0.5) is 0 Å². The Morgan fingerprint density at radius 2 is 2.00 bits per heavy atom. The fourth-order valence-corrected chi connectivity index (χ4v) is 4.46. The normalized spacial score (nSPS) is 13.1. The maximum Gasteiger partial charge on any atom is 0.348 e. The minimum absolute atomic E-state index is 0.0493. The summed E-state index contributed by atoms with van der Waals surface area (Å²) < 4.78 is 32.0. The van der Waals surface area contributed by atoms with E-state index in [-0.39, 0.29) is 18.0 Å². The Hall–Kier alpha value is -1.97. The van der Waals surface area contributed by atoms with Crippen LogP contribution in [0.15, 0.2) is 29.2 Å². The van der Waals surface area contributed by atoms with Crippen molar-refractivity contribution >= 4 is 43.4 Å². The molecule has 0 amide bonds. The molecule has 0 radical (unpaired) electrons. The summed E-state index contributed by atoms with van der Waals surface area (Å²) in [7, 11) is -2.48. The second kappa shape index (κ2) is 7.51. The number of carbonyl (C=O) groups excluding carboxylic acids is 1. The van der Waals surface area contributed by atoms with Crippen molar-refractivity contribution in [3.05, 3.63) is 29.1 Å². The molecule has 0 aliphatic rings. The number of rotatable bonds is 7. The highest BCUT2D eigenvalue weighted by Gasteiger charge is 2.25. The van der Waals surface area contributed by atoms with Crippen molar-refractivity contribution in [1.29, 1.82) is 0 Å². The van der Waals surface area contributed by atoms with Gasteiger partial charge in [-0.1, -0.05) is 6.92 Å². The van der Waals surface area contributed by atoms with E-state index in [1.165, 1.54) is 37.4 Å². The van der Waals surface area contributed by atoms with Crippen molar-refractivity contribution in [2.24, 2.45) is 5.92 Å². The number of sulfonamides is 1. The monoisotopic (exact) mass is 385 g/mol. The van der Waals surface area contributed by atoms with Crippen molar-refractivity contribution in [2.45, 2.75) is 18.7 Å². The predicted molar refractivity (Wildman–Crippen MR) is 94.4 cm³/mol. The lowest BCUT2D eigenvalue weighted by Gasteiger charge is -2.19. The number of nitrogens with zero attached hydrogens (tertiary/aromatic N) is 1. The molecule has 0 aliphatic heterocycles. The van der Waals surface area contributed by atoms with E-state index >= 15 is 0 Å². The van der Waals surface area contributed by atoms with Crippen LogP contribution in [0.1, 0.15) is 23.5 Å². The van der Waals surface area contributed by atoms with Gasteiger partial charge in [0.15, 0.2) is 0 Å². The first-order valence-corrected chi connectivity index (χ1v) is 9.82. The molecular formula is C16H19NO6S2. The van der Waals surface area contributed by atoms with E-state index in [2.05, 4.69) is 0 Å². The minimum atomic E-state index is -3.82. The zero-order valence-electron chi connectivity index (χ0n) is 14.1. The Bertz CT molecular complexity index is 902. The first-order valence-electron chi connectivity index (χ1n) is 7.56. The van der Waals surface area contributed by atoms with Crippen LogP contribution in [0.25, 0.3) is 10.1 Å². The Balaban J connectivity index is 2.33. The number of benzene rings is 1. The van der Waals surface area contributed by atoms with E-state index in [1.54, 1.807) is 19.1 Å². The largest absolute Gasteiger partial charge is 0.481 e. The van der Waals surface area contributed by atoms with Crippen LogP contribution in [0, 0.1) is 5.92 Å². The second-order valence-corrected chi connectivity index (χ2v) is 8.68. The molecule has 0 fully saturated rings. The molecule has 9 heteroatoms. The quantitative estimate of drug-likeness (QED) is 0.735. The van der Waals surface area contributed by atoms with Crippen molar-refractivity contribution in [2.75, 3.05) is 20.2 Å². The van der Waals surface area contributed by atoms with Crippen LogP contribution in [-0.2, 0) is 19.6 Å². The number of thiophene rings is 1. The molecule has 25 heavy (non-hydrogen) atoms. The number of aliphatic carboxylic acids is 1. The molecule has 0 saturated heterocycles. The van der Waals surface area contributed by atoms with Gasteiger partial charge in [-0.05, 0) is 36.6 Å². The molecule has 1 aromatic heterocycles. The summed E-state index contributed by atoms with van der Waals surface area (Å²) >= 11 is 1.23. The zero-order valence-corrected chi connectivity index (χ0v) is 15.7. The van der Waals surface area contributed by atoms with Crippen molar-refractivity contribution in [1.82, 2.24) is 4.31 Å². The summed E-state index contributed by atoms with van der Waals surface area (Å²) in [5, 5.41) is 9.56. The number of carbonyl (C=O) groups is 2. The van der Waals surface area contributed by atoms with E-state index in [1.807, 2.05) is 0 Å². The van der Waals surface area contributed by atoms with E-state index in [0.717, 1.165) is 9.01 Å². The summed E-state index contributed by atoms with van der Waals surface area (Å²) in [5.41, 5.74) is 0. The molecule has 136 valence electrons. The average Bonchev–Trinajstić information content (AvgIpc) is 2.98. The van der Waals surface area contributed by atoms with Gasteiger partial charge in [-0.2, -0.15) is 0 Å². The van der Waals surface area contributed by atoms with Crippen LogP contribution in [0.2, 0.25) is 0 Å². The molecule has 1 aromatic carbocycles. The molecule has 2 rings (SSSR count). The summed E-state index contributed by atoms with van der Waals surface area (Å²) in [6.07, 6.45) is 0. The van der Waals surface area contributed by atoms with Gasteiger partial charge in [-0.25, -0.2) is 17.5 Å². The van der Waals surface area contributed by atoms with E-state index in [9.17, 15) is 18.0 Å². The molecule has 0 bridgehead atoms. The highest BCUT2D eigenvalue weighted by atomic mass is 32.2. The molecule has 0 spiro atoms. The van der Waals surface area contributed by atoms with Gasteiger partial charge in [0.1, 0.15) is 4.88 Å². The molecule has 7 nitrogen and oxygen atoms in total. The Morgan fingerprint density at radius 3 is 2.60 bits per heavy atom. The van der Waals surface area contributed by atoms with Gasteiger partial charge in [0.05, 0.1) is 17.4 Å². The lowest BCUT2D eigenvalue weighted by molar-refractivity contribution is -0.141. The number of esters is 1. The Kier molecular flexibility index (Phi) is 5.81. The van der Waals surface area contributed by atoms with E-state index in [4.69, 9.17) is 9.84 Å². The maximum absolute atomic E-state index is 12.6. The van der Waals surface area contributed by atoms with E-state index in [0.29, 0.717) is 10.3 Å². The number of carboxylic acids is 1. The highest BCUT2D eigenvalue weighted by Crippen LogP contribution is 2.29. The minimum Gasteiger partial charge on any atom is -0.481 e. The summed E-state index contributed by atoms with van der Waals surface area (Å²) in [6, 6.07) is 6.15. The Morgan fingerprint density at radius 1 is 1.32 bits per heavy atom. The third-order valence-electron chi connectivity index (χ3n) is 3.63. The first-order chi connectivity index (χ1) is 11.7. The molecule has 1 unspecified atom stereocenters. The third kappa shape index (κ3) is 4.17. The zero-order chi connectivity index (χ0) is 18.8. The molecular weight excluding hydrogens is 366 g/mol. The van der Waals surface area contributed by atoms with Crippen LogP contribution in [0.5, 0.6) is 0 Å². The summed E-state index contributed by atoms with van der Waals surface area (Å²) in [6.45, 7) is 3.29. The highest BCUT2D eigenvalue weighted by molar-refractivity contribution is 7.89. The standard InChI is InChI=1S/C16H19NO6S2/c1-4-23-16(20)14-8-11-7-12(5-6-13(11)24-14)25(21,22)17(3)9-10(2)15(18)19/h5-8,10H,4,9H2,1-3H3,(H,18,19). The van der Waals surface area contributed by atoms with Crippen molar-refractivity contribution < 1.29 is 27.9 Å². The van der Waals surface area contributed by atoms with Crippen LogP contribution in [0.3, 0.4) is 0 Å².